The number of nitrogens with two attached hydrogens (primary N) is 1. The fraction of sp³-hybridized carbons (Fsp3) is 0.300. The van der Waals surface area contributed by atoms with Gasteiger partial charge in [0.2, 0.25) is 0 Å². The molecule has 0 spiro atoms. The summed E-state index contributed by atoms with van der Waals surface area (Å²) in [7, 11) is 0. The first-order valence-electron chi connectivity index (χ1n) is 4.91. The molecular formula is C10H12N4OS. The van der Waals surface area contributed by atoms with Crippen molar-refractivity contribution in [3.05, 3.63) is 23.8 Å². The van der Waals surface area contributed by atoms with E-state index in [-0.39, 0.29) is 0 Å². The van der Waals surface area contributed by atoms with Crippen LogP contribution >= 0.6 is 11.8 Å². The molecule has 0 radical (unpaired) electrons. The number of aryl methyl sites for hydroxylation is 2. The van der Waals surface area contributed by atoms with Crippen molar-refractivity contribution in [2.24, 2.45) is 0 Å². The molecule has 16 heavy (non-hydrogen) atoms. The number of oxazole rings is 1. The maximum absolute atomic E-state index is 5.68. The Bertz CT molecular complexity index is 497. The average Bonchev–Trinajstić information content (AvgIpc) is 2.63. The number of nitrogen functional groups attached to an aromatic ring is 1. The summed E-state index contributed by atoms with van der Waals surface area (Å²) in [4.78, 5) is 12.6. The summed E-state index contributed by atoms with van der Waals surface area (Å²) < 4.78 is 5.23. The number of hydrogen-bond donors (Lipinski definition) is 1. The van der Waals surface area contributed by atoms with Crippen LogP contribution in [0.1, 0.15) is 18.4 Å². The van der Waals surface area contributed by atoms with Crippen LogP contribution in [0.15, 0.2) is 27.0 Å². The SMILES string of the molecule is CCc1nc(N)cc(Sc2nc(C)co2)n1. The normalized spacial score (nSPS) is 10.6. The van der Waals surface area contributed by atoms with E-state index in [1.165, 1.54) is 11.8 Å². The number of aromatic nitrogens is 3. The van der Waals surface area contributed by atoms with E-state index in [0.29, 0.717) is 11.0 Å². The first kappa shape index (κ1) is 10.9. The van der Waals surface area contributed by atoms with E-state index >= 15 is 0 Å². The molecule has 2 N–H and O–H groups in total. The van der Waals surface area contributed by atoms with Crippen LogP contribution in [0.2, 0.25) is 0 Å². The maximum atomic E-state index is 5.68. The van der Waals surface area contributed by atoms with Crippen LogP contribution in [0.3, 0.4) is 0 Å². The fourth-order valence-electron chi connectivity index (χ4n) is 1.17. The second kappa shape index (κ2) is 4.52. The molecule has 2 heterocycles. The molecule has 84 valence electrons. The zero-order valence-corrected chi connectivity index (χ0v) is 9.91. The Morgan fingerprint density at radius 1 is 1.38 bits per heavy atom. The maximum Gasteiger partial charge on any atom is 0.262 e. The molecule has 0 bridgehead atoms. The molecule has 0 amide bonds. The van der Waals surface area contributed by atoms with Gasteiger partial charge in [-0.2, -0.15) is 0 Å². The first-order chi connectivity index (χ1) is 7.67. The van der Waals surface area contributed by atoms with Gasteiger partial charge in [0.05, 0.1) is 5.69 Å². The predicted octanol–water partition coefficient (Wildman–Crippen LogP) is 2.07. The van der Waals surface area contributed by atoms with E-state index in [2.05, 4.69) is 15.0 Å². The van der Waals surface area contributed by atoms with Crippen molar-refractivity contribution in [3.8, 4) is 0 Å². The van der Waals surface area contributed by atoms with Gasteiger partial charge < -0.3 is 10.2 Å². The van der Waals surface area contributed by atoms with E-state index in [9.17, 15) is 0 Å². The molecule has 0 aliphatic heterocycles. The summed E-state index contributed by atoms with van der Waals surface area (Å²) in [6.07, 6.45) is 2.36. The zero-order valence-electron chi connectivity index (χ0n) is 9.10. The topological polar surface area (TPSA) is 77.8 Å². The fourth-order valence-corrected chi connectivity index (χ4v) is 1.97. The molecule has 6 heteroatoms. The van der Waals surface area contributed by atoms with Crippen LogP contribution < -0.4 is 5.73 Å². The third-order valence-corrected chi connectivity index (χ3v) is 2.66. The van der Waals surface area contributed by atoms with Crippen molar-refractivity contribution in [3.63, 3.8) is 0 Å². The van der Waals surface area contributed by atoms with Gasteiger partial charge in [-0.25, -0.2) is 15.0 Å². The first-order valence-corrected chi connectivity index (χ1v) is 5.72. The third-order valence-electron chi connectivity index (χ3n) is 1.87. The van der Waals surface area contributed by atoms with Crippen LogP contribution in [-0.2, 0) is 6.42 Å². The number of rotatable bonds is 3. The summed E-state index contributed by atoms with van der Waals surface area (Å²) in [5, 5.41) is 1.32. The Hall–Kier alpha value is -1.56. The van der Waals surface area contributed by atoms with Gasteiger partial charge >= 0.3 is 0 Å². The van der Waals surface area contributed by atoms with Crippen molar-refractivity contribution in [2.45, 2.75) is 30.5 Å². The second-order valence-corrected chi connectivity index (χ2v) is 4.23. The van der Waals surface area contributed by atoms with Gasteiger partial charge in [-0.05, 0) is 18.7 Å². The van der Waals surface area contributed by atoms with Crippen LogP contribution in [0.4, 0.5) is 5.82 Å². The van der Waals surface area contributed by atoms with Crippen molar-refractivity contribution in [2.75, 3.05) is 5.73 Å². The van der Waals surface area contributed by atoms with Gasteiger partial charge in [-0.3, -0.25) is 0 Å². The van der Waals surface area contributed by atoms with Crippen molar-refractivity contribution >= 4 is 17.6 Å². The minimum atomic E-state index is 0.470. The van der Waals surface area contributed by atoms with Gasteiger partial charge in [0.25, 0.3) is 5.22 Å². The lowest BCUT2D eigenvalue weighted by Crippen LogP contribution is -1.99. The zero-order chi connectivity index (χ0) is 11.5. The molecule has 0 saturated heterocycles. The van der Waals surface area contributed by atoms with Crippen LogP contribution in [-0.4, -0.2) is 15.0 Å². The highest BCUT2D eigenvalue weighted by Crippen LogP contribution is 2.26. The smallest absolute Gasteiger partial charge is 0.262 e. The summed E-state index contributed by atoms with van der Waals surface area (Å²) in [6.45, 7) is 3.86. The summed E-state index contributed by atoms with van der Waals surface area (Å²) >= 11 is 1.34. The molecule has 0 unspecified atom stereocenters. The van der Waals surface area contributed by atoms with E-state index in [0.717, 1.165) is 23.0 Å². The van der Waals surface area contributed by atoms with Crippen LogP contribution in [0.25, 0.3) is 0 Å². The Morgan fingerprint density at radius 2 is 2.19 bits per heavy atom. The average molecular weight is 236 g/mol. The minimum Gasteiger partial charge on any atom is -0.439 e. The van der Waals surface area contributed by atoms with Crippen LogP contribution in [0, 0.1) is 6.92 Å². The molecular weight excluding hydrogens is 224 g/mol. The Labute approximate surface area is 97.5 Å². The third kappa shape index (κ3) is 2.52. The number of nitrogens with zero attached hydrogens (tertiary/aromatic N) is 3. The van der Waals surface area contributed by atoms with E-state index < -0.39 is 0 Å². The molecule has 0 atom stereocenters. The highest BCUT2D eigenvalue weighted by Gasteiger charge is 2.07. The highest BCUT2D eigenvalue weighted by atomic mass is 32.2. The van der Waals surface area contributed by atoms with Gasteiger partial charge in [0.1, 0.15) is 22.9 Å². The van der Waals surface area contributed by atoms with Crippen molar-refractivity contribution < 1.29 is 4.42 Å². The molecule has 0 aliphatic carbocycles. The molecule has 2 aromatic heterocycles. The Morgan fingerprint density at radius 3 is 2.81 bits per heavy atom. The van der Waals surface area contributed by atoms with Gasteiger partial charge in [0, 0.05) is 12.5 Å². The summed E-state index contributed by atoms with van der Waals surface area (Å²) in [6, 6.07) is 1.71. The molecule has 2 rings (SSSR count). The standard InChI is InChI=1S/C10H12N4OS/c1-3-8-13-7(11)4-9(14-8)16-10-12-6(2)5-15-10/h4-5H,3H2,1-2H3,(H2,11,13,14). The quantitative estimate of drug-likeness (QED) is 0.822. The molecule has 0 fully saturated rings. The lowest BCUT2D eigenvalue weighted by atomic mass is 10.4. The second-order valence-electron chi connectivity index (χ2n) is 3.26. The molecule has 0 saturated carbocycles. The molecule has 5 nitrogen and oxygen atoms in total. The van der Waals surface area contributed by atoms with E-state index in [4.69, 9.17) is 10.2 Å². The highest BCUT2D eigenvalue weighted by molar-refractivity contribution is 7.99. The lowest BCUT2D eigenvalue weighted by Gasteiger charge is -2.01. The summed E-state index contributed by atoms with van der Waals surface area (Å²) in [5.74, 6) is 1.20. The van der Waals surface area contributed by atoms with Crippen molar-refractivity contribution in [1.29, 1.82) is 0 Å². The van der Waals surface area contributed by atoms with E-state index in [1.807, 2.05) is 13.8 Å². The van der Waals surface area contributed by atoms with Crippen LogP contribution in [0.5, 0.6) is 0 Å². The number of anilines is 1. The predicted molar refractivity (Wildman–Crippen MR) is 61.2 cm³/mol. The van der Waals surface area contributed by atoms with Crippen molar-refractivity contribution in [1.82, 2.24) is 15.0 Å². The minimum absolute atomic E-state index is 0.470. The Kier molecular flexibility index (Phi) is 3.09. The lowest BCUT2D eigenvalue weighted by molar-refractivity contribution is 0.453. The van der Waals surface area contributed by atoms with Gasteiger partial charge in [0.15, 0.2) is 0 Å². The molecule has 0 aliphatic rings. The van der Waals surface area contributed by atoms with Gasteiger partial charge in [-0.15, -0.1) is 0 Å². The Balaban J connectivity index is 2.24. The molecule has 0 aromatic carbocycles. The molecule has 2 aromatic rings. The van der Waals surface area contributed by atoms with E-state index in [1.54, 1.807) is 12.3 Å². The monoisotopic (exact) mass is 236 g/mol. The summed E-state index contributed by atoms with van der Waals surface area (Å²) in [5.41, 5.74) is 6.53. The number of hydrogen-bond acceptors (Lipinski definition) is 6. The van der Waals surface area contributed by atoms with Gasteiger partial charge in [-0.1, -0.05) is 6.92 Å². The largest absolute Gasteiger partial charge is 0.439 e.